The number of nitrogens with one attached hydrogen (secondary N) is 1. The highest BCUT2D eigenvalue weighted by Gasteiger charge is 2.39. The van der Waals surface area contributed by atoms with Crippen molar-refractivity contribution in [1.82, 2.24) is 15.2 Å². The van der Waals surface area contributed by atoms with Crippen LogP contribution in [0, 0.1) is 0 Å². The predicted molar refractivity (Wildman–Crippen MR) is 134 cm³/mol. The van der Waals surface area contributed by atoms with Gasteiger partial charge in [0.15, 0.2) is 0 Å². The van der Waals surface area contributed by atoms with Crippen LogP contribution in [0.5, 0.6) is 0 Å². The third kappa shape index (κ3) is 5.59. The normalized spacial score (nSPS) is 18.0. The number of aromatic nitrogens is 1. The van der Waals surface area contributed by atoms with E-state index < -0.39 is 30.7 Å². The Bertz CT molecular complexity index is 1200. The Morgan fingerprint density at radius 2 is 1.75 bits per heavy atom. The molecule has 0 bridgehead atoms. The van der Waals surface area contributed by atoms with E-state index in [1.165, 1.54) is 12.0 Å². The Labute approximate surface area is 209 Å². The standard InChI is InChI=1S/C27H28N4O5/c1-36-30-22-15-24(26(34)29-23(17-32)25(33)20-5-3-2-4-6-20)31(16-22)27(35)21-9-7-18(8-10-21)19-11-13-28-14-12-19/h2-14,23-25,32-33H,15-17H2,1H3,(H,29,34)/t23-,24-,25-/m0/s1. The number of carbonyl (C=O) groups is 2. The van der Waals surface area contributed by atoms with Crippen LogP contribution in [-0.4, -0.2) is 70.0 Å². The summed E-state index contributed by atoms with van der Waals surface area (Å²) >= 11 is 0. The van der Waals surface area contributed by atoms with E-state index >= 15 is 0 Å². The third-order valence-electron chi connectivity index (χ3n) is 6.13. The summed E-state index contributed by atoms with van der Waals surface area (Å²) in [5.41, 5.74) is 3.44. The summed E-state index contributed by atoms with van der Waals surface area (Å²) in [4.78, 5) is 37.0. The topological polar surface area (TPSA) is 124 Å². The zero-order valence-electron chi connectivity index (χ0n) is 19.8. The second-order valence-electron chi connectivity index (χ2n) is 8.46. The molecule has 0 aliphatic carbocycles. The number of amides is 2. The molecule has 1 aliphatic heterocycles. The van der Waals surface area contributed by atoms with Gasteiger partial charge in [0.1, 0.15) is 19.3 Å². The molecule has 2 aromatic carbocycles. The fourth-order valence-electron chi connectivity index (χ4n) is 4.25. The van der Waals surface area contributed by atoms with Gasteiger partial charge in [-0.15, -0.1) is 0 Å². The summed E-state index contributed by atoms with van der Waals surface area (Å²) in [6, 6.07) is 17.8. The zero-order valence-corrected chi connectivity index (χ0v) is 19.8. The number of benzene rings is 2. The van der Waals surface area contributed by atoms with Gasteiger partial charge in [-0.1, -0.05) is 47.6 Å². The van der Waals surface area contributed by atoms with E-state index in [2.05, 4.69) is 15.5 Å². The molecule has 1 aliphatic rings. The lowest BCUT2D eigenvalue weighted by atomic mass is 10.0. The smallest absolute Gasteiger partial charge is 0.254 e. The van der Waals surface area contributed by atoms with Crippen molar-refractivity contribution >= 4 is 17.5 Å². The lowest BCUT2D eigenvalue weighted by Gasteiger charge is -2.28. The molecule has 0 spiro atoms. The molecule has 0 radical (unpaired) electrons. The zero-order chi connectivity index (χ0) is 25.5. The maximum atomic E-state index is 13.4. The van der Waals surface area contributed by atoms with E-state index in [0.29, 0.717) is 16.8 Å². The predicted octanol–water partition coefficient (Wildman–Crippen LogP) is 2.18. The number of hydrogen-bond acceptors (Lipinski definition) is 7. The number of likely N-dealkylation sites (tertiary alicyclic amines) is 1. The van der Waals surface area contributed by atoms with Crippen LogP contribution >= 0.6 is 0 Å². The summed E-state index contributed by atoms with van der Waals surface area (Å²) < 4.78 is 0. The molecule has 186 valence electrons. The fourth-order valence-corrected chi connectivity index (χ4v) is 4.25. The third-order valence-corrected chi connectivity index (χ3v) is 6.13. The number of rotatable bonds is 8. The number of hydrogen-bond donors (Lipinski definition) is 3. The first kappa shape index (κ1) is 25.0. The van der Waals surface area contributed by atoms with E-state index in [1.807, 2.05) is 30.3 Å². The van der Waals surface area contributed by atoms with Gasteiger partial charge in [-0.05, 0) is 41.0 Å². The van der Waals surface area contributed by atoms with Crippen LogP contribution in [0.4, 0.5) is 0 Å². The summed E-state index contributed by atoms with van der Waals surface area (Å²) in [5, 5.41) is 27.2. The maximum absolute atomic E-state index is 13.4. The average molecular weight is 489 g/mol. The molecule has 3 atom stereocenters. The first-order valence-electron chi connectivity index (χ1n) is 11.6. The van der Waals surface area contributed by atoms with Gasteiger partial charge in [0.2, 0.25) is 5.91 Å². The molecule has 1 aromatic heterocycles. The summed E-state index contributed by atoms with van der Waals surface area (Å²) in [6.45, 7) is -0.347. The SMILES string of the molecule is CON=C1C[C@@H](C(=O)N[C@@H](CO)[C@@H](O)c2ccccc2)N(C(=O)c2ccc(-c3ccncc3)cc2)C1. The number of aliphatic hydroxyl groups is 2. The van der Waals surface area contributed by atoms with Crippen molar-refractivity contribution in [1.29, 1.82) is 0 Å². The van der Waals surface area contributed by atoms with Crippen LogP contribution in [0.3, 0.4) is 0 Å². The second kappa shape index (κ2) is 11.6. The lowest BCUT2D eigenvalue weighted by molar-refractivity contribution is -0.126. The Kier molecular flexibility index (Phi) is 8.04. The molecule has 0 saturated carbocycles. The minimum absolute atomic E-state index is 0.127. The van der Waals surface area contributed by atoms with Gasteiger partial charge in [-0.3, -0.25) is 14.6 Å². The van der Waals surface area contributed by atoms with Gasteiger partial charge in [-0.2, -0.15) is 0 Å². The largest absolute Gasteiger partial charge is 0.399 e. The molecule has 2 heterocycles. The highest BCUT2D eigenvalue weighted by atomic mass is 16.6. The van der Waals surface area contributed by atoms with Gasteiger partial charge in [-0.25, -0.2) is 0 Å². The Hall–Kier alpha value is -4.08. The van der Waals surface area contributed by atoms with E-state index in [-0.39, 0.29) is 18.9 Å². The first-order chi connectivity index (χ1) is 17.5. The number of aliphatic hydroxyl groups excluding tert-OH is 2. The molecule has 1 fully saturated rings. The van der Waals surface area contributed by atoms with Gasteiger partial charge < -0.3 is 25.3 Å². The van der Waals surface area contributed by atoms with Crippen molar-refractivity contribution in [2.24, 2.45) is 5.16 Å². The van der Waals surface area contributed by atoms with Crippen LogP contribution in [0.2, 0.25) is 0 Å². The summed E-state index contributed by atoms with van der Waals surface area (Å²) in [5.74, 6) is -0.825. The minimum Gasteiger partial charge on any atom is -0.399 e. The quantitative estimate of drug-likeness (QED) is 0.418. The van der Waals surface area contributed by atoms with Crippen LogP contribution in [0.1, 0.15) is 28.4 Å². The minimum atomic E-state index is -1.11. The van der Waals surface area contributed by atoms with Crippen LogP contribution in [-0.2, 0) is 9.63 Å². The molecule has 9 nitrogen and oxygen atoms in total. The molecular weight excluding hydrogens is 460 g/mol. The summed E-state index contributed by atoms with van der Waals surface area (Å²) in [6.07, 6.45) is 2.47. The molecule has 2 amide bonds. The Balaban J connectivity index is 1.52. The molecule has 0 unspecified atom stereocenters. The number of nitrogens with zero attached hydrogens (tertiary/aromatic N) is 3. The lowest BCUT2D eigenvalue weighted by Crippen LogP contribution is -2.51. The van der Waals surface area contributed by atoms with Crippen molar-refractivity contribution in [2.45, 2.75) is 24.6 Å². The van der Waals surface area contributed by atoms with Crippen molar-refractivity contribution in [3.05, 3.63) is 90.3 Å². The average Bonchev–Trinajstić information content (AvgIpc) is 3.36. The van der Waals surface area contributed by atoms with Crippen LogP contribution in [0.15, 0.2) is 84.3 Å². The molecule has 9 heteroatoms. The van der Waals surface area contributed by atoms with Crippen LogP contribution < -0.4 is 5.32 Å². The molecule has 36 heavy (non-hydrogen) atoms. The number of pyridine rings is 1. The van der Waals surface area contributed by atoms with E-state index in [4.69, 9.17) is 4.84 Å². The van der Waals surface area contributed by atoms with E-state index in [0.717, 1.165) is 11.1 Å². The van der Waals surface area contributed by atoms with Gasteiger partial charge in [0.25, 0.3) is 5.91 Å². The van der Waals surface area contributed by atoms with Gasteiger partial charge in [0.05, 0.1) is 24.9 Å². The second-order valence-corrected chi connectivity index (χ2v) is 8.46. The highest BCUT2D eigenvalue weighted by Crippen LogP contribution is 2.24. The van der Waals surface area contributed by atoms with Crippen molar-refractivity contribution < 1.29 is 24.6 Å². The van der Waals surface area contributed by atoms with E-state index in [9.17, 15) is 19.8 Å². The molecule has 4 rings (SSSR count). The van der Waals surface area contributed by atoms with Crippen molar-refractivity contribution in [2.75, 3.05) is 20.3 Å². The number of oxime groups is 1. The monoisotopic (exact) mass is 488 g/mol. The van der Waals surface area contributed by atoms with Crippen LogP contribution in [0.25, 0.3) is 11.1 Å². The van der Waals surface area contributed by atoms with Gasteiger partial charge >= 0.3 is 0 Å². The highest BCUT2D eigenvalue weighted by molar-refractivity contribution is 6.05. The molecule has 1 saturated heterocycles. The van der Waals surface area contributed by atoms with Crippen molar-refractivity contribution in [3.63, 3.8) is 0 Å². The molecule has 3 N–H and O–H groups in total. The number of carbonyl (C=O) groups excluding carboxylic acids is 2. The summed E-state index contributed by atoms with van der Waals surface area (Å²) in [7, 11) is 1.41. The Morgan fingerprint density at radius 3 is 2.39 bits per heavy atom. The Morgan fingerprint density at radius 1 is 1.08 bits per heavy atom. The molecular formula is C27H28N4O5. The maximum Gasteiger partial charge on any atom is 0.254 e. The van der Waals surface area contributed by atoms with Gasteiger partial charge in [0, 0.05) is 24.4 Å². The van der Waals surface area contributed by atoms with Crippen molar-refractivity contribution in [3.8, 4) is 11.1 Å². The molecule has 3 aromatic rings. The fraction of sp³-hybridized carbons (Fsp3) is 0.259. The first-order valence-corrected chi connectivity index (χ1v) is 11.6. The van der Waals surface area contributed by atoms with E-state index in [1.54, 1.807) is 48.8 Å².